The molecule has 0 aliphatic carbocycles. The van der Waals surface area contributed by atoms with Crippen LogP contribution < -0.4 is 0 Å². The second-order valence-electron chi connectivity index (χ2n) is 7.08. The quantitative estimate of drug-likeness (QED) is 0.452. The third-order valence-electron chi connectivity index (χ3n) is 4.87. The topological polar surface area (TPSA) is 78.1 Å². The lowest BCUT2D eigenvalue weighted by atomic mass is 10.0. The zero-order valence-electron chi connectivity index (χ0n) is 16.8. The molecule has 0 bridgehead atoms. The first-order chi connectivity index (χ1) is 13.9. The molecule has 2 aromatic heterocycles. The lowest BCUT2D eigenvalue weighted by molar-refractivity contribution is 0.0278. The Hall–Kier alpha value is -3.54. The van der Waals surface area contributed by atoms with Crippen molar-refractivity contribution in [2.24, 2.45) is 0 Å². The molecular weight excluding hydrogens is 366 g/mol. The number of aromatic nitrogens is 3. The van der Waals surface area contributed by atoms with Gasteiger partial charge in [0.2, 0.25) is 5.89 Å². The van der Waals surface area contributed by atoms with Crippen molar-refractivity contribution in [3.05, 3.63) is 76.8 Å². The maximum atomic E-state index is 12.9. The van der Waals surface area contributed by atoms with E-state index in [4.69, 9.17) is 9.15 Å². The summed E-state index contributed by atoms with van der Waals surface area (Å²) in [5, 5.41) is 9.07. The smallest absolute Gasteiger partial charge is 0.341 e. The molecule has 1 atom stereocenters. The van der Waals surface area contributed by atoms with E-state index in [0.29, 0.717) is 17.1 Å². The number of ether oxygens (including phenoxy) is 1. The van der Waals surface area contributed by atoms with Crippen molar-refractivity contribution in [2.75, 3.05) is 0 Å². The van der Waals surface area contributed by atoms with Gasteiger partial charge < -0.3 is 9.15 Å². The molecule has 6 nitrogen and oxygen atoms in total. The molecule has 2 heterocycles. The number of esters is 1. The molecule has 0 aliphatic heterocycles. The van der Waals surface area contributed by atoms with Gasteiger partial charge in [0.15, 0.2) is 6.10 Å². The molecule has 0 fully saturated rings. The Morgan fingerprint density at radius 3 is 2.62 bits per heavy atom. The molecule has 4 rings (SSSR count). The van der Waals surface area contributed by atoms with E-state index in [1.54, 1.807) is 6.92 Å². The number of carbonyl (C=O) groups excluding carboxylic acids is 1. The Bertz CT molecular complexity index is 1210. The van der Waals surface area contributed by atoms with E-state index >= 15 is 0 Å². The van der Waals surface area contributed by atoms with Gasteiger partial charge in [0.05, 0.1) is 16.8 Å². The summed E-state index contributed by atoms with van der Waals surface area (Å²) in [6.07, 6.45) is -0.682. The van der Waals surface area contributed by atoms with Gasteiger partial charge in [0, 0.05) is 10.9 Å². The second-order valence-corrected chi connectivity index (χ2v) is 7.08. The van der Waals surface area contributed by atoms with E-state index in [2.05, 4.69) is 15.2 Å². The molecule has 0 spiro atoms. The summed E-state index contributed by atoms with van der Waals surface area (Å²) in [5.74, 6) is 0.186. The fourth-order valence-electron chi connectivity index (χ4n) is 3.40. The number of hydrogen-bond donors (Lipinski definition) is 0. The highest BCUT2D eigenvalue weighted by atomic mass is 16.6. The van der Waals surface area contributed by atoms with Crippen molar-refractivity contribution in [2.45, 2.75) is 33.8 Å². The average molecular weight is 387 g/mol. The van der Waals surface area contributed by atoms with E-state index in [1.165, 1.54) is 0 Å². The van der Waals surface area contributed by atoms with Crippen LogP contribution in [0.25, 0.3) is 22.4 Å². The summed E-state index contributed by atoms with van der Waals surface area (Å²) in [5.41, 5.74) is 4.71. The van der Waals surface area contributed by atoms with Gasteiger partial charge in [-0.1, -0.05) is 35.9 Å². The number of carbonyl (C=O) groups is 1. The minimum Gasteiger partial charge on any atom is -0.449 e. The molecule has 0 aliphatic rings. The van der Waals surface area contributed by atoms with Gasteiger partial charge in [-0.2, -0.15) is 0 Å². The van der Waals surface area contributed by atoms with Gasteiger partial charge in [-0.25, -0.2) is 4.79 Å². The maximum Gasteiger partial charge on any atom is 0.341 e. The first-order valence-corrected chi connectivity index (χ1v) is 9.41. The van der Waals surface area contributed by atoms with Crippen molar-refractivity contribution >= 4 is 16.9 Å². The largest absolute Gasteiger partial charge is 0.449 e. The molecule has 0 radical (unpaired) electrons. The van der Waals surface area contributed by atoms with Crippen molar-refractivity contribution in [1.82, 2.24) is 15.2 Å². The van der Waals surface area contributed by atoms with E-state index in [1.807, 2.05) is 69.3 Å². The number of benzene rings is 2. The summed E-state index contributed by atoms with van der Waals surface area (Å²) in [4.78, 5) is 17.4. The van der Waals surface area contributed by atoms with Crippen LogP contribution in [-0.2, 0) is 4.74 Å². The van der Waals surface area contributed by atoms with E-state index in [9.17, 15) is 4.79 Å². The van der Waals surface area contributed by atoms with Crippen LogP contribution in [0.15, 0.2) is 52.9 Å². The highest BCUT2D eigenvalue weighted by Gasteiger charge is 2.23. The molecule has 1 unspecified atom stereocenters. The normalized spacial score (nSPS) is 12.1. The number of fused-ring (bicyclic) bond motifs is 1. The first-order valence-electron chi connectivity index (χ1n) is 9.41. The third-order valence-corrected chi connectivity index (χ3v) is 4.87. The number of aryl methyl sites for hydroxylation is 3. The highest BCUT2D eigenvalue weighted by Crippen LogP contribution is 2.27. The number of rotatable bonds is 4. The summed E-state index contributed by atoms with van der Waals surface area (Å²) < 4.78 is 11.4. The first kappa shape index (κ1) is 18.8. The molecule has 2 aromatic carbocycles. The minimum absolute atomic E-state index is 0.249. The Morgan fingerprint density at radius 2 is 1.83 bits per heavy atom. The molecule has 146 valence electrons. The van der Waals surface area contributed by atoms with Crippen LogP contribution in [0.2, 0.25) is 0 Å². The number of hydrogen-bond acceptors (Lipinski definition) is 6. The number of nitrogens with zero attached hydrogens (tertiary/aromatic N) is 3. The van der Waals surface area contributed by atoms with Crippen molar-refractivity contribution in [3.8, 4) is 11.5 Å². The molecule has 0 saturated carbocycles. The Labute approximate surface area is 168 Å². The molecule has 4 aromatic rings. The number of para-hydroxylation sites is 1. The lowest BCUT2D eigenvalue weighted by Gasteiger charge is -2.14. The standard InChI is InChI=1S/C23H21N3O3/c1-13-8-7-9-17(12-13)22-26-25-21(29-22)16(4)28-23(27)20-14(2)18-10-5-6-11-19(18)24-15(20)3/h5-12,16H,1-4H3. The van der Waals surface area contributed by atoms with Crippen LogP contribution in [0.1, 0.15) is 46.1 Å². The third kappa shape index (κ3) is 3.61. The zero-order valence-corrected chi connectivity index (χ0v) is 16.8. The Balaban J connectivity index is 1.59. The van der Waals surface area contributed by atoms with Gasteiger partial charge in [0.25, 0.3) is 5.89 Å². The molecule has 0 saturated heterocycles. The van der Waals surface area contributed by atoms with Crippen LogP contribution in [0, 0.1) is 20.8 Å². The SMILES string of the molecule is Cc1cccc(-c2nnc(C(C)OC(=O)c3c(C)nc4ccccc4c3C)o2)c1. The maximum absolute atomic E-state index is 12.9. The number of pyridine rings is 1. The fourth-order valence-corrected chi connectivity index (χ4v) is 3.40. The van der Waals surface area contributed by atoms with Gasteiger partial charge in [-0.3, -0.25) is 4.98 Å². The fraction of sp³-hybridized carbons (Fsp3) is 0.217. The van der Waals surface area contributed by atoms with E-state index in [-0.39, 0.29) is 5.89 Å². The van der Waals surface area contributed by atoms with E-state index < -0.39 is 12.1 Å². The van der Waals surface area contributed by atoms with Crippen LogP contribution in [0.5, 0.6) is 0 Å². The average Bonchev–Trinajstić information content (AvgIpc) is 3.18. The van der Waals surface area contributed by atoms with Crippen LogP contribution in [-0.4, -0.2) is 21.2 Å². The monoisotopic (exact) mass is 387 g/mol. The highest BCUT2D eigenvalue weighted by molar-refractivity contribution is 5.98. The minimum atomic E-state index is -0.682. The van der Waals surface area contributed by atoms with Crippen LogP contribution in [0.3, 0.4) is 0 Å². The van der Waals surface area contributed by atoms with Crippen molar-refractivity contribution in [1.29, 1.82) is 0 Å². The molecule has 0 N–H and O–H groups in total. The van der Waals surface area contributed by atoms with Gasteiger partial charge in [0.1, 0.15) is 0 Å². The Kier molecular flexibility index (Phi) is 4.84. The summed E-state index contributed by atoms with van der Waals surface area (Å²) in [6.45, 7) is 7.42. The molecule has 29 heavy (non-hydrogen) atoms. The van der Waals surface area contributed by atoms with Gasteiger partial charge >= 0.3 is 5.97 Å². The van der Waals surface area contributed by atoms with Gasteiger partial charge in [-0.15, -0.1) is 10.2 Å². The Morgan fingerprint density at radius 1 is 1.03 bits per heavy atom. The molecule has 0 amide bonds. The second kappa shape index (κ2) is 7.47. The summed E-state index contributed by atoms with van der Waals surface area (Å²) in [6, 6.07) is 15.5. The summed E-state index contributed by atoms with van der Waals surface area (Å²) >= 11 is 0. The summed E-state index contributed by atoms with van der Waals surface area (Å²) in [7, 11) is 0. The predicted molar refractivity (Wildman–Crippen MR) is 110 cm³/mol. The van der Waals surface area contributed by atoms with E-state index in [0.717, 1.165) is 27.6 Å². The molecular formula is C23H21N3O3. The van der Waals surface area contributed by atoms with Crippen LogP contribution in [0.4, 0.5) is 0 Å². The lowest BCUT2D eigenvalue weighted by Crippen LogP contribution is -2.13. The zero-order chi connectivity index (χ0) is 20.5. The van der Waals surface area contributed by atoms with Crippen molar-refractivity contribution < 1.29 is 13.9 Å². The molecule has 6 heteroatoms. The van der Waals surface area contributed by atoms with Crippen molar-refractivity contribution in [3.63, 3.8) is 0 Å². The predicted octanol–water partition coefficient (Wildman–Crippen LogP) is 5.13. The van der Waals surface area contributed by atoms with Gasteiger partial charge in [-0.05, 0) is 51.5 Å². The van der Waals surface area contributed by atoms with Crippen LogP contribution >= 0.6 is 0 Å².